The lowest BCUT2D eigenvalue weighted by molar-refractivity contribution is -0.115. The number of ketones is 7. The molecular weight excluding hydrogens is 2080 g/mol. The van der Waals surface area contributed by atoms with Crippen LogP contribution in [0.2, 0.25) is 0 Å². The molecule has 0 bridgehead atoms. The molecule has 2 aliphatic rings. The molecule has 0 aliphatic heterocycles. The molecule has 13 nitrogen and oxygen atoms in total. The largest absolute Gasteiger partial charge is 0.390 e. The third-order valence-corrected chi connectivity index (χ3v) is 35.4. The summed E-state index contributed by atoms with van der Waals surface area (Å²) >= 11 is 18.1. The Morgan fingerprint density at radius 2 is 0.634 bits per heavy atom. The van der Waals surface area contributed by atoms with Crippen LogP contribution in [0, 0.1) is 51.2 Å². The van der Waals surface area contributed by atoms with Crippen molar-refractivity contribution in [3.05, 3.63) is 243 Å². The number of carbonyl (C=O) groups excluding carboxylic acids is 9. The highest BCUT2D eigenvalue weighted by molar-refractivity contribution is 9.11. The van der Waals surface area contributed by atoms with Crippen LogP contribution in [-0.2, 0) is 40.6 Å². The number of nitrogens with two attached hydrogens (primary N) is 2. The topological polar surface area (TPSA) is 230 Å². The molecule has 0 fully saturated rings. The summed E-state index contributed by atoms with van der Waals surface area (Å²) in [5.74, 6) is 2.01. The monoisotopic (exact) mass is 2220 g/mol. The van der Waals surface area contributed by atoms with E-state index < -0.39 is 0 Å². The average molecular weight is 2220 g/mol. The molecule has 2 atom stereocenters. The van der Waals surface area contributed by atoms with Crippen LogP contribution >= 0.6 is 111 Å². The highest BCUT2D eigenvalue weighted by Crippen LogP contribution is 2.47. The van der Waals surface area contributed by atoms with Crippen LogP contribution in [0.4, 0.5) is 28.8 Å². The van der Waals surface area contributed by atoms with E-state index >= 15 is 0 Å². The number of Topliss-reactive ketones (excluding diaryl/α,β-unsaturated/α-hetero) is 7. The van der Waals surface area contributed by atoms with Gasteiger partial charge in [0.1, 0.15) is 21.6 Å². The number of nitrogen functional groups attached to an aromatic ring is 2. The first-order valence-corrected chi connectivity index (χ1v) is 59.8. The molecule has 24 heteroatoms. The summed E-state index contributed by atoms with van der Waals surface area (Å²) in [6.07, 6.45) is 32.9. The van der Waals surface area contributed by atoms with Crippen molar-refractivity contribution >= 4 is 234 Å². The molecule has 774 valence electrons. The van der Waals surface area contributed by atoms with E-state index in [1.54, 1.807) is 80.9 Å². The zero-order chi connectivity index (χ0) is 105. The quantitative estimate of drug-likeness (QED) is 0.0160. The molecule has 0 spiro atoms. The summed E-state index contributed by atoms with van der Waals surface area (Å²) in [5, 5.41) is 14.5. The average Bonchev–Trinajstić information content (AvgIpc) is 1.48. The molecule has 6 N–H and O–H groups in total. The predicted molar refractivity (Wildman–Crippen MR) is 627 cm³/mol. The molecule has 2 unspecified atom stereocenters. The van der Waals surface area contributed by atoms with Gasteiger partial charge < -0.3 is 22.1 Å². The number of aryl methyl sites for hydroxylation is 6. The fraction of sp³-hybridized carbons (Fsp3) is 0.430. The molecule has 14 aromatic rings. The maximum atomic E-state index is 13.3. The number of rotatable bonds is 40. The Labute approximate surface area is 902 Å². The first-order chi connectivity index (χ1) is 69.7. The van der Waals surface area contributed by atoms with Crippen LogP contribution in [-0.4, -0.2) is 52.3 Å². The van der Waals surface area contributed by atoms with Crippen molar-refractivity contribution in [2.24, 2.45) is 11.8 Å². The molecule has 7 heterocycles. The molecule has 2 aliphatic carbocycles. The van der Waals surface area contributed by atoms with Gasteiger partial charge in [0.15, 0.2) is 40.5 Å². The smallest absolute Gasteiger partial charge is 0.221 e. The Kier molecular flexibility index (Phi) is 48.1. The van der Waals surface area contributed by atoms with Gasteiger partial charge in [0.05, 0.1) is 41.6 Å². The number of unbranched alkanes of at least 4 members (excludes halogenated alkanes) is 14. The van der Waals surface area contributed by atoms with Crippen LogP contribution in [0.5, 0.6) is 0 Å². The number of hydrogen-bond acceptors (Lipinski definition) is 18. The van der Waals surface area contributed by atoms with E-state index in [9.17, 15) is 51.9 Å². The van der Waals surface area contributed by atoms with Gasteiger partial charge in [-0.1, -0.05) is 245 Å². The SMILES string of the molecule is CCCCCC(=O)c1c(-c2ccc(F)cc2)sc2ccc(C)cc12.CCCCCC(=O)c1c(-c2ccc(F)cc2)sc2ccc(CBr)cc12.CCCCCC(=O)c1c(Br)sc2ccc(C)cc12.CCCCCC(=O)c1c(N)sc2c1CC(C)CC2.CCCCCC(=O)c1c(N)sc2ccc(C)cc12.CCCCCC(=O)c1c(NC(C)=O)sc2c1CC(C)CC2.CCCCCC(=O)c1c(NC(C)=O)sc2ccc(C)cc12. The minimum absolute atomic E-state index is 0.0933. The van der Waals surface area contributed by atoms with Crippen molar-refractivity contribution in [3.8, 4) is 20.9 Å². The van der Waals surface area contributed by atoms with Crippen molar-refractivity contribution < 1.29 is 51.9 Å². The Balaban J connectivity index is 0.000000174. The minimum Gasteiger partial charge on any atom is -0.390 e. The molecule has 0 saturated carbocycles. The van der Waals surface area contributed by atoms with Gasteiger partial charge >= 0.3 is 0 Å². The first-order valence-electron chi connectivity index (χ1n) is 52.2. The van der Waals surface area contributed by atoms with E-state index in [0.717, 1.165) is 296 Å². The number of amides is 2. The molecule has 2 amide bonds. The van der Waals surface area contributed by atoms with E-state index in [2.05, 4.69) is 185 Å². The summed E-state index contributed by atoms with van der Waals surface area (Å²) in [7, 11) is 0. The second-order valence-corrected chi connectivity index (χ2v) is 48.1. The van der Waals surface area contributed by atoms with Gasteiger partial charge in [-0.3, -0.25) is 43.2 Å². The highest BCUT2D eigenvalue weighted by Gasteiger charge is 2.31. The second kappa shape index (κ2) is 59.3. The maximum absolute atomic E-state index is 13.3. The van der Waals surface area contributed by atoms with E-state index in [4.69, 9.17) is 11.5 Å². The molecule has 0 radical (unpaired) electrons. The second-order valence-electron chi connectivity index (χ2n) is 38.7. The lowest BCUT2D eigenvalue weighted by atomic mass is 9.86. The summed E-state index contributed by atoms with van der Waals surface area (Å²) in [4.78, 5) is 115. The number of anilines is 4. The number of carbonyl (C=O) groups is 9. The molecule has 16 rings (SSSR count). The van der Waals surface area contributed by atoms with Crippen LogP contribution < -0.4 is 22.1 Å². The normalized spacial score (nSPS) is 12.9. The van der Waals surface area contributed by atoms with Crippen molar-refractivity contribution in [2.75, 3.05) is 22.1 Å². The van der Waals surface area contributed by atoms with Crippen LogP contribution in [0.25, 0.3) is 71.3 Å². The van der Waals surface area contributed by atoms with Gasteiger partial charge in [-0.25, -0.2) is 8.78 Å². The number of nitrogens with one attached hydrogen (secondary N) is 2. The van der Waals surface area contributed by atoms with Gasteiger partial charge in [-0.15, -0.1) is 79.4 Å². The lowest BCUT2D eigenvalue weighted by Crippen LogP contribution is -2.14. The third kappa shape index (κ3) is 33.4. The van der Waals surface area contributed by atoms with E-state index in [0.29, 0.717) is 72.3 Å². The number of benzene rings is 7. The van der Waals surface area contributed by atoms with E-state index in [1.165, 1.54) is 110 Å². The van der Waals surface area contributed by atoms with Crippen LogP contribution in [0.15, 0.2) is 143 Å². The summed E-state index contributed by atoms with van der Waals surface area (Å²) in [5.41, 5.74) is 27.8. The summed E-state index contributed by atoms with van der Waals surface area (Å²) in [6.45, 7) is 30.6. The minimum atomic E-state index is -0.262. The molecule has 7 aromatic carbocycles. The number of alkyl halides is 1. The molecule has 0 saturated heterocycles. The standard InChI is InChI=1S/C21H20BrFOS.C21H21FOS.C17H25NO2S.C17H21NO2S.C15H17BrOS.C15H23NOS.C15H19NOS/c1-2-3-4-5-18(24)20-17-12-14(13-22)6-11-19(17)25-21(20)15-7-9-16(23)10-8-15;1-3-4-5-6-18(23)20-17-13-14(2)7-12-19(17)24-21(20)15-8-10-16(22)11-9-15;2*1-4-5-6-7-14(20)16-13-10-11(2)8-9-15(13)21-17(16)18-12(3)19;3*1-3-4-5-6-12(17)14-11-9-10(2)7-8-13(11)18-15(14)16/h6-12H,2-5,13H2,1H3;7-13H,3-6H2,1-2H3;11H,4-10H2,1-3H3,(H,18,19);8-10H,4-7H2,1-3H3,(H,18,19);7-9H,3-6H2,1-2H3;10H,3-9,16H2,1-2H3;7-9H,3-6,16H2,1-2H3. The summed E-state index contributed by atoms with van der Waals surface area (Å²) in [6, 6.07) is 43.9. The Bertz CT molecular complexity index is 6660. The fourth-order valence-corrected chi connectivity index (χ4v) is 27.5. The van der Waals surface area contributed by atoms with Crippen molar-refractivity contribution in [3.63, 3.8) is 0 Å². The number of fused-ring (bicyclic) bond motifs is 7. The van der Waals surface area contributed by atoms with Crippen molar-refractivity contribution in [1.29, 1.82) is 0 Å². The fourth-order valence-electron chi connectivity index (χ4n) is 18.3. The van der Waals surface area contributed by atoms with Crippen molar-refractivity contribution in [1.82, 2.24) is 0 Å². The highest BCUT2D eigenvalue weighted by atomic mass is 79.9. The van der Waals surface area contributed by atoms with Gasteiger partial charge in [0.2, 0.25) is 11.8 Å². The zero-order valence-corrected chi connectivity index (χ0v) is 96.3. The lowest BCUT2D eigenvalue weighted by Gasteiger charge is -2.19. The maximum Gasteiger partial charge on any atom is 0.221 e. The Morgan fingerprint density at radius 1 is 0.338 bits per heavy atom. The Hall–Kier alpha value is -9.21. The van der Waals surface area contributed by atoms with Crippen LogP contribution in [0.3, 0.4) is 0 Å². The first kappa shape index (κ1) is 118. The van der Waals surface area contributed by atoms with Gasteiger partial charge in [0, 0.05) is 145 Å². The number of thiophene rings is 7. The van der Waals surface area contributed by atoms with Crippen molar-refractivity contribution in [2.45, 2.75) is 327 Å². The van der Waals surface area contributed by atoms with Gasteiger partial charge in [-0.2, -0.15) is 0 Å². The summed E-state index contributed by atoms with van der Waals surface area (Å²) < 4.78 is 33.1. The van der Waals surface area contributed by atoms with Gasteiger partial charge in [-0.05, 0) is 252 Å². The predicted octanol–water partition coefficient (Wildman–Crippen LogP) is 38.2. The number of hydrogen-bond donors (Lipinski definition) is 4. The zero-order valence-electron chi connectivity index (χ0n) is 87.4. The Morgan fingerprint density at radius 3 is 1.03 bits per heavy atom. The van der Waals surface area contributed by atoms with Gasteiger partial charge in [0.25, 0.3) is 0 Å². The molecular formula is C121H146Br2F2N4O9S7. The van der Waals surface area contributed by atoms with Crippen LogP contribution in [0.1, 0.15) is 390 Å². The molecule has 145 heavy (non-hydrogen) atoms. The van der Waals surface area contributed by atoms with E-state index in [1.807, 2.05) is 39.0 Å². The molecule has 7 aromatic heterocycles. The third-order valence-electron chi connectivity index (χ3n) is 26.1. The number of halogens is 4. The van der Waals surface area contributed by atoms with E-state index in [-0.39, 0.29) is 63.9 Å².